The Morgan fingerprint density at radius 2 is 1.90 bits per heavy atom. The van der Waals surface area contributed by atoms with Crippen LogP contribution >= 0.6 is 11.6 Å². The fourth-order valence-corrected chi connectivity index (χ4v) is 2.11. The lowest BCUT2D eigenvalue weighted by Crippen LogP contribution is -2.02. The van der Waals surface area contributed by atoms with Crippen LogP contribution in [0.15, 0.2) is 36.4 Å². The number of rotatable bonds is 5. The number of ether oxygens (including phenoxy) is 2. The Balaban J connectivity index is 2.17. The van der Waals surface area contributed by atoms with Gasteiger partial charge in [0.25, 0.3) is 0 Å². The molecule has 0 bridgehead atoms. The van der Waals surface area contributed by atoms with Crippen molar-refractivity contribution in [2.75, 3.05) is 19.5 Å². The van der Waals surface area contributed by atoms with Crippen molar-refractivity contribution in [3.05, 3.63) is 52.8 Å². The lowest BCUT2D eigenvalue weighted by molar-refractivity contribution is 0.404. The second-order valence-corrected chi connectivity index (χ2v) is 4.63. The van der Waals surface area contributed by atoms with Crippen molar-refractivity contribution in [2.24, 2.45) is 0 Å². The largest absolute Gasteiger partial charge is 0.497 e. The highest BCUT2D eigenvalue weighted by Crippen LogP contribution is 2.29. The van der Waals surface area contributed by atoms with Gasteiger partial charge in [-0.05, 0) is 35.9 Å². The highest BCUT2D eigenvalue weighted by molar-refractivity contribution is 6.30. The first-order valence-corrected chi connectivity index (χ1v) is 6.41. The van der Waals surface area contributed by atoms with Crippen molar-refractivity contribution in [3.63, 3.8) is 0 Å². The number of hydrogen-bond donors (Lipinski definition) is 1. The van der Waals surface area contributed by atoms with Crippen LogP contribution in [-0.2, 0) is 6.54 Å². The maximum atomic E-state index is 13.3. The zero-order chi connectivity index (χ0) is 14.5. The van der Waals surface area contributed by atoms with Crippen molar-refractivity contribution >= 4 is 17.3 Å². The average Bonchev–Trinajstić information content (AvgIpc) is 2.43. The molecule has 0 fully saturated rings. The van der Waals surface area contributed by atoms with Gasteiger partial charge in [-0.15, -0.1) is 0 Å². The number of methoxy groups -OCH3 is 2. The summed E-state index contributed by atoms with van der Waals surface area (Å²) in [5.74, 6) is 1.05. The van der Waals surface area contributed by atoms with Gasteiger partial charge < -0.3 is 14.8 Å². The van der Waals surface area contributed by atoms with E-state index in [4.69, 9.17) is 21.1 Å². The van der Waals surface area contributed by atoms with Gasteiger partial charge in [-0.25, -0.2) is 4.39 Å². The fourth-order valence-electron chi connectivity index (χ4n) is 1.86. The second-order valence-electron chi connectivity index (χ2n) is 4.20. The summed E-state index contributed by atoms with van der Waals surface area (Å²) in [6.45, 7) is 0.432. The molecule has 0 aliphatic carbocycles. The Bertz CT molecular complexity index is 584. The van der Waals surface area contributed by atoms with E-state index in [2.05, 4.69) is 5.32 Å². The molecule has 20 heavy (non-hydrogen) atoms. The van der Waals surface area contributed by atoms with Crippen LogP contribution < -0.4 is 14.8 Å². The molecule has 0 radical (unpaired) electrons. The smallest absolute Gasteiger partial charge is 0.142 e. The molecule has 0 saturated heterocycles. The Kier molecular flexibility index (Phi) is 4.69. The average molecular weight is 296 g/mol. The van der Waals surface area contributed by atoms with E-state index in [1.165, 1.54) is 12.1 Å². The van der Waals surface area contributed by atoms with Crippen molar-refractivity contribution in [1.82, 2.24) is 0 Å². The quantitative estimate of drug-likeness (QED) is 0.900. The molecule has 0 aromatic heterocycles. The van der Waals surface area contributed by atoms with Gasteiger partial charge in [0.15, 0.2) is 0 Å². The van der Waals surface area contributed by atoms with E-state index in [9.17, 15) is 4.39 Å². The molecule has 2 rings (SSSR count). The maximum Gasteiger partial charge on any atom is 0.142 e. The zero-order valence-electron chi connectivity index (χ0n) is 11.2. The summed E-state index contributed by atoms with van der Waals surface area (Å²) in [6, 6.07) is 9.86. The highest BCUT2D eigenvalue weighted by atomic mass is 35.5. The molecule has 0 atom stereocenters. The number of benzene rings is 2. The van der Waals surface area contributed by atoms with Gasteiger partial charge in [-0.1, -0.05) is 11.6 Å². The van der Waals surface area contributed by atoms with Crippen LogP contribution in [0.3, 0.4) is 0 Å². The first-order chi connectivity index (χ1) is 9.62. The van der Waals surface area contributed by atoms with Gasteiger partial charge in [0.2, 0.25) is 0 Å². The van der Waals surface area contributed by atoms with Gasteiger partial charge in [0.1, 0.15) is 17.3 Å². The molecule has 0 heterocycles. The van der Waals surface area contributed by atoms with Gasteiger partial charge in [0, 0.05) is 17.6 Å². The molecule has 0 amide bonds. The zero-order valence-corrected chi connectivity index (χ0v) is 12.0. The van der Waals surface area contributed by atoms with Crippen molar-refractivity contribution in [2.45, 2.75) is 6.54 Å². The van der Waals surface area contributed by atoms with E-state index in [0.717, 1.165) is 11.3 Å². The van der Waals surface area contributed by atoms with Crippen molar-refractivity contribution < 1.29 is 13.9 Å². The minimum Gasteiger partial charge on any atom is -0.497 e. The molecule has 0 unspecified atom stereocenters. The molecule has 106 valence electrons. The number of halogens is 2. The molecule has 2 aromatic rings. The number of hydrogen-bond acceptors (Lipinski definition) is 3. The first kappa shape index (κ1) is 14.5. The molecular weight excluding hydrogens is 281 g/mol. The summed E-state index contributed by atoms with van der Waals surface area (Å²) in [4.78, 5) is 0. The Morgan fingerprint density at radius 3 is 2.55 bits per heavy atom. The van der Waals surface area contributed by atoms with Crippen molar-refractivity contribution in [3.8, 4) is 11.5 Å². The lowest BCUT2D eigenvalue weighted by atomic mass is 10.2. The van der Waals surface area contributed by atoms with Gasteiger partial charge >= 0.3 is 0 Å². The predicted octanol–water partition coefficient (Wildman–Crippen LogP) is 4.11. The Morgan fingerprint density at radius 1 is 1.10 bits per heavy atom. The fraction of sp³-hybridized carbons (Fsp3) is 0.200. The van der Waals surface area contributed by atoms with E-state index < -0.39 is 0 Å². The normalized spacial score (nSPS) is 10.2. The summed E-state index contributed by atoms with van der Waals surface area (Å²) < 4.78 is 23.7. The third kappa shape index (κ3) is 3.54. The van der Waals surface area contributed by atoms with Gasteiger partial charge in [-0.2, -0.15) is 0 Å². The molecule has 0 saturated carbocycles. The second kappa shape index (κ2) is 6.48. The van der Waals surface area contributed by atoms with Gasteiger partial charge in [-0.3, -0.25) is 0 Å². The Hall–Kier alpha value is -1.94. The molecule has 3 nitrogen and oxygen atoms in total. The molecule has 5 heteroatoms. The SMILES string of the molecule is COc1ccc(OC)c(NCc2cc(F)cc(Cl)c2)c1. The van der Waals surface area contributed by atoms with Crippen molar-refractivity contribution in [1.29, 1.82) is 0 Å². The molecule has 0 aliphatic heterocycles. The third-order valence-electron chi connectivity index (χ3n) is 2.81. The van der Waals surface area contributed by atoms with Crippen LogP contribution in [0.25, 0.3) is 0 Å². The first-order valence-electron chi connectivity index (χ1n) is 6.03. The summed E-state index contributed by atoms with van der Waals surface area (Å²) in [6.07, 6.45) is 0. The van der Waals surface area contributed by atoms with Crippen LogP contribution in [0.1, 0.15) is 5.56 Å². The highest BCUT2D eigenvalue weighted by Gasteiger charge is 2.06. The Labute approximate surface area is 122 Å². The van der Waals surface area contributed by atoms with Gasteiger partial charge in [0.05, 0.1) is 19.9 Å². The topological polar surface area (TPSA) is 30.5 Å². The molecular formula is C15H15ClFNO2. The predicted molar refractivity (Wildman–Crippen MR) is 78.3 cm³/mol. The number of nitrogens with one attached hydrogen (secondary N) is 1. The molecule has 2 aromatic carbocycles. The van der Waals surface area contributed by atoms with E-state index in [1.807, 2.05) is 12.1 Å². The van der Waals surface area contributed by atoms with Crippen LogP contribution in [0.2, 0.25) is 5.02 Å². The summed E-state index contributed by atoms with van der Waals surface area (Å²) in [5.41, 5.74) is 1.52. The van der Waals surface area contributed by atoms with Crippen LogP contribution in [-0.4, -0.2) is 14.2 Å². The standard InChI is InChI=1S/C15H15ClFNO2/c1-19-13-3-4-15(20-2)14(8-13)18-9-10-5-11(16)7-12(17)6-10/h3-8,18H,9H2,1-2H3. The van der Waals surface area contributed by atoms with E-state index in [1.54, 1.807) is 26.4 Å². The van der Waals surface area contributed by atoms with Crippen LogP contribution in [0.4, 0.5) is 10.1 Å². The van der Waals surface area contributed by atoms with E-state index >= 15 is 0 Å². The van der Waals surface area contributed by atoms with Crippen LogP contribution in [0.5, 0.6) is 11.5 Å². The monoisotopic (exact) mass is 295 g/mol. The lowest BCUT2D eigenvalue weighted by Gasteiger charge is -2.13. The number of anilines is 1. The summed E-state index contributed by atoms with van der Waals surface area (Å²) >= 11 is 5.83. The molecule has 1 N–H and O–H groups in total. The van der Waals surface area contributed by atoms with E-state index in [0.29, 0.717) is 23.1 Å². The summed E-state index contributed by atoms with van der Waals surface area (Å²) in [5, 5.41) is 3.55. The summed E-state index contributed by atoms with van der Waals surface area (Å²) in [7, 11) is 3.18. The maximum absolute atomic E-state index is 13.3. The van der Waals surface area contributed by atoms with Crippen LogP contribution in [0, 0.1) is 5.82 Å². The minimum atomic E-state index is -0.355. The third-order valence-corrected chi connectivity index (χ3v) is 3.03. The molecule has 0 aliphatic rings. The minimum absolute atomic E-state index is 0.355. The molecule has 0 spiro atoms. The van der Waals surface area contributed by atoms with E-state index in [-0.39, 0.29) is 5.82 Å².